The quantitative estimate of drug-likeness (QED) is 0.861. The SMILES string of the molecule is Cc1cc(Cl)ccc1O[C@@H](C)C(=O)N1C[C@@H](C)O[C@H](C)C1. The Morgan fingerprint density at radius 3 is 2.57 bits per heavy atom. The van der Waals surface area contributed by atoms with Crippen LogP contribution in [0.1, 0.15) is 26.3 Å². The molecule has 1 saturated heterocycles. The molecule has 0 aliphatic carbocycles. The first kappa shape index (κ1) is 16.1. The van der Waals surface area contributed by atoms with Crippen molar-refractivity contribution >= 4 is 17.5 Å². The summed E-state index contributed by atoms with van der Waals surface area (Å²) in [6, 6.07) is 5.39. The number of carbonyl (C=O) groups is 1. The zero-order valence-electron chi connectivity index (χ0n) is 12.9. The molecule has 2 rings (SSSR count). The van der Waals surface area contributed by atoms with E-state index in [4.69, 9.17) is 21.1 Å². The summed E-state index contributed by atoms with van der Waals surface area (Å²) in [6.45, 7) is 8.86. The molecule has 1 amide bonds. The van der Waals surface area contributed by atoms with Crippen molar-refractivity contribution in [3.8, 4) is 5.75 Å². The van der Waals surface area contributed by atoms with Crippen LogP contribution in [-0.4, -0.2) is 42.2 Å². The van der Waals surface area contributed by atoms with Crippen LogP contribution in [0.4, 0.5) is 0 Å². The van der Waals surface area contributed by atoms with Crippen LogP contribution in [0, 0.1) is 6.92 Å². The van der Waals surface area contributed by atoms with Gasteiger partial charge >= 0.3 is 0 Å². The molecule has 1 fully saturated rings. The average Bonchev–Trinajstić information content (AvgIpc) is 2.40. The molecular weight excluding hydrogens is 290 g/mol. The number of hydrogen-bond donors (Lipinski definition) is 0. The van der Waals surface area contributed by atoms with Crippen molar-refractivity contribution in [2.45, 2.75) is 46.0 Å². The fraction of sp³-hybridized carbons (Fsp3) is 0.562. The fourth-order valence-corrected chi connectivity index (χ4v) is 2.83. The van der Waals surface area contributed by atoms with Crippen LogP contribution in [0.25, 0.3) is 0 Å². The second kappa shape index (κ2) is 6.67. The number of ether oxygens (including phenoxy) is 2. The predicted molar refractivity (Wildman–Crippen MR) is 82.9 cm³/mol. The summed E-state index contributed by atoms with van der Waals surface area (Å²) in [5.74, 6) is 0.681. The zero-order valence-corrected chi connectivity index (χ0v) is 13.7. The second-order valence-electron chi connectivity index (χ2n) is 5.67. The molecule has 3 atom stereocenters. The molecule has 1 aromatic carbocycles. The maximum Gasteiger partial charge on any atom is 0.263 e. The maximum absolute atomic E-state index is 12.5. The molecule has 0 unspecified atom stereocenters. The van der Waals surface area contributed by atoms with Crippen LogP contribution in [0.3, 0.4) is 0 Å². The number of halogens is 1. The largest absolute Gasteiger partial charge is 0.481 e. The van der Waals surface area contributed by atoms with Gasteiger partial charge in [-0.1, -0.05) is 11.6 Å². The highest BCUT2D eigenvalue weighted by atomic mass is 35.5. The van der Waals surface area contributed by atoms with Crippen molar-refractivity contribution in [1.29, 1.82) is 0 Å². The molecule has 116 valence electrons. The summed E-state index contributed by atoms with van der Waals surface area (Å²) in [7, 11) is 0. The van der Waals surface area contributed by atoms with Crippen LogP contribution >= 0.6 is 11.6 Å². The van der Waals surface area contributed by atoms with Gasteiger partial charge in [0.1, 0.15) is 5.75 Å². The summed E-state index contributed by atoms with van der Waals surface area (Å²) in [4.78, 5) is 14.3. The third-order valence-corrected chi connectivity index (χ3v) is 3.75. The van der Waals surface area contributed by atoms with Crippen LogP contribution in [0.5, 0.6) is 5.75 Å². The van der Waals surface area contributed by atoms with Gasteiger partial charge in [0, 0.05) is 18.1 Å². The summed E-state index contributed by atoms with van der Waals surface area (Å²) in [6.07, 6.45) is -0.410. The Labute approximate surface area is 131 Å². The van der Waals surface area contributed by atoms with E-state index in [2.05, 4.69) is 0 Å². The number of amides is 1. The minimum atomic E-state index is -0.526. The number of benzene rings is 1. The fourth-order valence-electron chi connectivity index (χ4n) is 2.60. The van der Waals surface area contributed by atoms with Crippen LogP contribution < -0.4 is 4.74 Å². The lowest BCUT2D eigenvalue weighted by atomic mass is 10.2. The van der Waals surface area contributed by atoms with Gasteiger partial charge in [0.25, 0.3) is 5.91 Å². The molecule has 21 heavy (non-hydrogen) atoms. The lowest BCUT2D eigenvalue weighted by Gasteiger charge is -2.36. The Morgan fingerprint density at radius 2 is 2.00 bits per heavy atom. The molecule has 1 aliphatic rings. The Balaban J connectivity index is 2.02. The van der Waals surface area contributed by atoms with E-state index in [-0.39, 0.29) is 18.1 Å². The van der Waals surface area contributed by atoms with Gasteiger partial charge in [0.05, 0.1) is 12.2 Å². The predicted octanol–water partition coefficient (Wildman–Crippen LogP) is 3.05. The van der Waals surface area contributed by atoms with Gasteiger partial charge in [0.15, 0.2) is 6.10 Å². The van der Waals surface area contributed by atoms with E-state index in [9.17, 15) is 4.79 Å². The molecule has 1 heterocycles. The molecule has 1 aliphatic heterocycles. The molecule has 0 aromatic heterocycles. The van der Waals surface area contributed by atoms with Crippen LogP contribution in [0.2, 0.25) is 5.02 Å². The van der Waals surface area contributed by atoms with Gasteiger partial charge in [-0.15, -0.1) is 0 Å². The van der Waals surface area contributed by atoms with E-state index in [1.165, 1.54) is 0 Å². The maximum atomic E-state index is 12.5. The van der Waals surface area contributed by atoms with E-state index in [0.717, 1.165) is 5.56 Å². The Hall–Kier alpha value is -1.26. The Kier molecular flexibility index (Phi) is 5.12. The number of morpholine rings is 1. The van der Waals surface area contributed by atoms with Crippen LogP contribution in [0.15, 0.2) is 18.2 Å². The van der Waals surface area contributed by atoms with Crippen molar-refractivity contribution in [3.63, 3.8) is 0 Å². The van der Waals surface area contributed by atoms with Gasteiger partial charge in [-0.3, -0.25) is 4.79 Å². The lowest BCUT2D eigenvalue weighted by Crippen LogP contribution is -2.51. The third kappa shape index (κ3) is 4.11. The first-order valence-corrected chi connectivity index (χ1v) is 7.61. The average molecular weight is 312 g/mol. The van der Waals surface area contributed by atoms with Crippen molar-refractivity contribution < 1.29 is 14.3 Å². The minimum absolute atomic E-state index is 0.00801. The number of hydrogen-bond acceptors (Lipinski definition) is 3. The molecule has 0 saturated carbocycles. The summed E-state index contributed by atoms with van der Waals surface area (Å²) < 4.78 is 11.4. The minimum Gasteiger partial charge on any atom is -0.481 e. The number of rotatable bonds is 3. The highest BCUT2D eigenvalue weighted by Crippen LogP contribution is 2.23. The van der Waals surface area contributed by atoms with Crippen molar-refractivity contribution in [2.75, 3.05) is 13.1 Å². The molecule has 0 bridgehead atoms. The van der Waals surface area contributed by atoms with E-state index < -0.39 is 6.10 Å². The molecule has 5 heteroatoms. The number of aryl methyl sites for hydroxylation is 1. The van der Waals surface area contributed by atoms with Gasteiger partial charge in [-0.2, -0.15) is 0 Å². The van der Waals surface area contributed by atoms with E-state index >= 15 is 0 Å². The van der Waals surface area contributed by atoms with Crippen molar-refractivity contribution in [1.82, 2.24) is 4.90 Å². The van der Waals surface area contributed by atoms with E-state index in [0.29, 0.717) is 23.9 Å². The smallest absolute Gasteiger partial charge is 0.263 e. The standard InChI is InChI=1S/C16H22ClNO3/c1-10-7-14(17)5-6-15(10)21-13(4)16(19)18-8-11(2)20-12(3)9-18/h5-7,11-13H,8-9H2,1-4H3/t11-,12-,13+/m1/s1. The molecule has 0 spiro atoms. The second-order valence-corrected chi connectivity index (χ2v) is 6.11. The van der Waals surface area contributed by atoms with Crippen molar-refractivity contribution in [2.24, 2.45) is 0 Å². The summed E-state index contributed by atoms with van der Waals surface area (Å²) >= 11 is 5.93. The first-order chi connectivity index (χ1) is 9.86. The first-order valence-electron chi connectivity index (χ1n) is 7.24. The Morgan fingerprint density at radius 1 is 1.38 bits per heavy atom. The molecule has 4 nitrogen and oxygen atoms in total. The lowest BCUT2D eigenvalue weighted by molar-refractivity contribution is -0.149. The topological polar surface area (TPSA) is 38.8 Å². The van der Waals surface area contributed by atoms with Gasteiger partial charge in [-0.25, -0.2) is 0 Å². The Bertz CT molecular complexity index is 510. The summed E-state index contributed by atoms with van der Waals surface area (Å²) in [5, 5.41) is 0.662. The van der Waals surface area contributed by atoms with Crippen molar-refractivity contribution in [3.05, 3.63) is 28.8 Å². The summed E-state index contributed by atoms with van der Waals surface area (Å²) in [5.41, 5.74) is 0.922. The monoisotopic (exact) mass is 311 g/mol. The molecule has 0 radical (unpaired) electrons. The van der Waals surface area contributed by atoms with Gasteiger partial charge < -0.3 is 14.4 Å². The number of nitrogens with zero attached hydrogens (tertiary/aromatic N) is 1. The highest BCUT2D eigenvalue weighted by molar-refractivity contribution is 6.30. The normalized spacial score (nSPS) is 23.8. The molecular formula is C16H22ClNO3. The number of carbonyl (C=O) groups excluding carboxylic acids is 1. The van der Waals surface area contributed by atoms with E-state index in [1.807, 2.05) is 31.7 Å². The third-order valence-electron chi connectivity index (χ3n) is 3.52. The highest BCUT2D eigenvalue weighted by Gasteiger charge is 2.29. The molecule has 0 N–H and O–H groups in total. The van der Waals surface area contributed by atoms with E-state index in [1.54, 1.807) is 19.1 Å². The van der Waals surface area contributed by atoms with Gasteiger partial charge in [0.2, 0.25) is 0 Å². The van der Waals surface area contributed by atoms with Gasteiger partial charge in [-0.05, 0) is 51.5 Å². The zero-order chi connectivity index (χ0) is 15.6. The molecule has 1 aromatic rings. The van der Waals surface area contributed by atoms with Crippen LogP contribution in [-0.2, 0) is 9.53 Å².